The summed E-state index contributed by atoms with van der Waals surface area (Å²) >= 11 is 0.941. The minimum absolute atomic E-state index is 0.213. The zero-order chi connectivity index (χ0) is 15.5. The first-order chi connectivity index (χ1) is 9.88. The van der Waals surface area contributed by atoms with Crippen molar-refractivity contribution in [2.45, 2.75) is 31.7 Å². The summed E-state index contributed by atoms with van der Waals surface area (Å²) in [5.41, 5.74) is -0.884. The number of hydrogen-bond acceptors (Lipinski definition) is 5. The summed E-state index contributed by atoms with van der Waals surface area (Å²) in [4.78, 5) is 15.4. The van der Waals surface area contributed by atoms with Gasteiger partial charge in [0.1, 0.15) is 6.04 Å². The van der Waals surface area contributed by atoms with Gasteiger partial charge in [-0.25, -0.2) is 4.98 Å². The number of nitrogens with one attached hydrogen (secondary N) is 2. The van der Waals surface area contributed by atoms with E-state index in [2.05, 4.69) is 15.6 Å². The molecule has 0 spiro atoms. The number of amides is 1. The van der Waals surface area contributed by atoms with Crippen molar-refractivity contribution in [2.75, 3.05) is 19.7 Å². The fourth-order valence-electron chi connectivity index (χ4n) is 1.99. The molecule has 0 bridgehead atoms. The minimum atomic E-state index is -4.42. The van der Waals surface area contributed by atoms with Gasteiger partial charge in [0.2, 0.25) is 5.91 Å². The number of halogens is 3. The SMILES string of the molecule is C[C@H]1OCCN[C@@H]1C(=O)NCCc1nc(C(F)(F)F)cs1. The number of carbonyl (C=O) groups excluding carboxylic acids is 1. The van der Waals surface area contributed by atoms with Crippen LogP contribution in [-0.2, 0) is 22.1 Å². The van der Waals surface area contributed by atoms with Crippen molar-refractivity contribution in [3.05, 3.63) is 16.1 Å². The van der Waals surface area contributed by atoms with E-state index in [1.54, 1.807) is 6.92 Å². The van der Waals surface area contributed by atoms with Crippen LogP contribution < -0.4 is 10.6 Å². The lowest BCUT2D eigenvalue weighted by Gasteiger charge is -2.29. The van der Waals surface area contributed by atoms with Crippen LogP contribution >= 0.6 is 11.3 Å². The fraction of sp³-hybridized carbons (Fsp3) is 0.667. The molecule has 2 N–H and O–H groups in total. The summed E-state index contributed by atoms with van der Waals surface area (Å²) in [5, 5.41) is 7.06. The number of morpholine rings is 1. The summed E-state index contributed by atoms with van der Waals surface area (Å²) in [5.74, 6) is -0.213. The Morgan fingerprint density at radius 2 is 2.38 bits per heavy atom. The molecule has 1 fully saturated rings. The summed E-state index contributed by atoms with van der Waals surface area (Å²) in [7, 11) is 0. The van der Waals surface area contributed by atoms with Crippen LogP contribution in [0.3, 0.4) is 0 Å². The van der Waals surface area contributed by atoms with Gasteiger partial charge in [-0.15, -0.1) is 11.3 Å². The second-order valence-corrected chi connectivity index (χ2v) is 5.62. The van der Waals surface area contributed by atoms with Gasteiger partial charge in [0, 0.05) is 24.9 Å². The number of hydrogen-bond donors (Lipinski definition) is 2. The number of ether oxygens (including phenoxy) is 1. The van der Waals surface area contributed by atoms with Crippen LogP contribution in [-0.4, -0.2) is 42.7 Å². The van der Waals surface area contributed by atoms with Crippen LogP contribution in [0.5, 0.6) is 0 Å². The molecule has 0 saturated carbocycles. The highest BCUT2D eigenvalue weighted by molar-refractivity contribution is 7.09. The second kappa shape index (κ2) is 6.71. The van der Waals surface area contributed by atoms with E-state index in [-0.39, 0.29) is 25.0 Å². The topological polar surface area (TPSA) is 63.2 Å². The first-order valence-electron chi connectivity index (χ1n) is 6.52. The number of thiazole rings is 1. The molecule has 1 aliphatic rings. The van der Waals surface area contributed by atoms with Crippen molar-refractivity contribution >= 4 is 17.2 Å². The monoisotopic (exact) mass is 323 g/mol. The first kappa shape index (κ1) is 16.2. The minimum Gasteiger partial charge on any atom is -0.375 e. The summed E-state index contributed by atoms with van der Waals surface area (Å²) in [6, 6.07) is -0.430. The van der Waals surface area contributed by atoms with Crippen molar-refractivity contribution in [1.82, 2.24) is 15.6 Å². The summed E-state index contributed by atoms with van der Waals surface area (Å²) in [6.07, 6.45) is -4.37. The average molecular weight is 323 g/mol. The largest absolute Gasteiger partial charge is 0.434 e. The van der Waals surface area contributed by atoms with E-state index in [4.69, 9.17) is 4.74 Å². The Morgan fingerprint density at radius 3 is 3.00 bits per heavy atom. The molecule has 1 aliphatic heterocycles. The molecule has 1 aromatic heterocycles. The third-order valence-corrected chi connectivity index (χ3v) is 3.99. The predicted molar refractivity (Wildman–Crippen MR) is 71.0 cm³/mol. The van der Waals surface area contributed by atoms with Crippen molar-refractivity contribution in [3.8, 4) is 0 Å². The maximum absolute atomic E-state index is 12.4. The van der Waals surface area contributed by atoms with Gasteiger partial charge in [-0.2, -0.15) is 13.2 Å². The molecule has 118 valence electrons. The van der Waals surface area contributed by atoms with Crippen molar-refractivity contribution in [3.63, 3.8) is 0 Å². The summed E-state index contributed by atoms with van der Waals surface area (Å²) < 4.78 is 42.5. The molecule has 5 nitrogen and oxygen atoms in total. The van der Waals surface area contributed by atoms with Gasteiger partial charge in [0.15, 0.2) is 5.69 Å². The van der Waals surface area contributed by atoms with E-state index in [9.17, 15) is 18.0 Å². The lowest BCUT2D eigenvalue weighted by Crippen LogP contribution is -2.55. The van der Waals surface area contributed by atoms with E-state index in [0.29, 0.717) is 18.2 Å². The van der Waals surface area contributed by atoms with Crippen LogP contribution in [0.2, 0.25) is 0 Å². The highest BCUT2D eigenvalue weighted by Gasteiger charge is 2.33. The number of rotatable bonds is 4. The lowest BCUT2D eigenvalue weighted by molar-refractivity contribution is -0.140. The van der Waals surface area contributed by atoms with E-state index in [1.807, 2.05) is 0 Å². The fourth-order valence-corrected chi connectivity index (χ4v) is 2.79. The molecule has 21 heavy (non-hydrogen) atoms. The van der Waals surface area contributed by atoms with Crippen LogP contribution in [0, 0.1) is 0 Å². The molecule has 1 aromatic rings. The predicted octanol–water partition coefficient (Wildman–Crippen LogP) is 1.20. The Hall–Kier alpha value is -1.19. The lowest BCUT2D eigenvalue weighted by atomic mass is 10.1. The van der Waals surface area contributed by atoms with Crippen LogP contribution in [0.25, 0.3) is 0 Å². The van der Waals surface area contributed by atoms with Crippen LogP contribution in [0.15, 0.2) is 5.38 Å². The van der Waals surface area contributed by atoms with Crippen LogP contribution in [0.1, 0.15) is 17.6 Å². The van der Waals surface area contributed by atoms with Gasteiger partial charge < -0.3 is 15.4 Å². The number of nitrogens with zero attached hydrogens (tertiary/aromatic N) is 1. The van der Waals surface area contributed by atoms with E-state index >= 15 is 0 Å². The third-order valence-electron chi connectivity index (χ3n) is 3.08. The van der Waals surface area contributed by atoms with Gasteiger partial charge in [0.05, 0.1) is 17.7 Å². The first-order valence-corrected chi connectivity index (χ1v) is 7.40. The molecule has 2 rings (SSSR count). The maximum Gasteiger partial charge on any atom is 0.434 e. The number of aromatic nitrogens is 1. The maximum atomic E-state index is 12.4. The van der Waals surface area contributed by atoms with Gasteiger partial charge in [-0.05, 0) is 6.92 Å². The quantitative estimate of drug-likeness (QED) is 0.874. The molecule has 0 radical (unpaired) electrons. The molecule has 2 heterocycles. The molecule has 9 heteroatoms. The normalized spacial score (nSPS) is 23.0. The van der Waals surface area contributed by atoms with Gasteiger partial charge in [-0.1, -0.05) is 0 Å². The molecule has 0 aliphatic carbocycles. The number of alkyl halides is 3. The molecule has 2 atom stereocenters. The Labute approximate surface area is 123 Å². The van der Waals surface area contributed by atoms with E-state index in [0.717, 1.165) is 16.7 Å². The smallest absolute Gasteiger partial charge is 0.375 e. The Kier molecular flexibility index (Phi) is 5.17. The average Bonchev–Trinajstić information content (AvgIpc) is 2.88. The highest BCUT2D eigenvalue weighted by Crippen LogP contribution is 2.29. The molecular formula is C12H16F3N3O2S. The van der Waals surface area contributed by atoms with Crippen molar-refractivity contribution in [1.29, 1.82) is 0 Å². The third kappa shape index (κ3) is 4.39. The molecular weight excluding hydrogens is 307 g/mol. The summed E-state index contributed by atoms with van der Waals surface area (Å²) in [6.45, 7) is 3.20. The van der Waals surface area contributed by atoms with E-state index < -0.39 is 17.9 Å². The zero-order valence-corrected chi connectivity index (χ0v) is 12.2. The molecule has 0 aromatic carbocycles. The van der Waals surface area contributed by atoms with Crippen LogP contribution in [0.4, 0.5) is 13.2 Å². The molecule has 1 amide bonds. The number of carbonyl (C=O) groups is 1. The Balaban J connectivity index is 1.78. The zero-order valence-electron chi connectivity index (χ0n) is 11.4. The van der Waals surface area contributed by atoms with Gasteiger partial charge in [-0.3, -0.25) is 4.79 Å². The van der Waals surface area contributed by atoms with E-state index in [1.165, 1.54) is 0 Å². The molecule has 1 saturated heterocycles. The van der Waals surface area contributed by atoms with Crippen molar-refractivity contribution < 1.29 is 22.7 Å². The second-order valence-electron chi connectivity index (χ2n) is 4.67. The molecule has 0 unspecified atom stereocenters. The van der Waals surface area contributed by atoms with Gasteiger partial charge >= 0.3 is 6.18 Å². The Bertz CT molecular complexity index is 492. The highest BCUT2D eigenvalue weighted by atomic mass is 32.1. The van der Waals surface area contributed by atoms with Crippen molar-refractivity contribution in [2.24, 2.45) is 0 Å². The Morgan fingerprint density at radius 1 is 1.62 bits per heavy atom. The standard InChI is InChI=1S/C12H16F3N3O2S/c1-7-10(16-4-5-20-7)11(19)17-3-2-9-18-8(6-21-9)12(13,14)15/h6-7,10,16H,2-5H2,1H3,(H,17,19)/t7-,10+/m1/s1. The van der Waals surface area contributed by atoms with Gasteiger partial charge in [0.25, 0.3) is 0 Å².